The van der Waals surface area contributed by atoms with Crippen LogP contribution in [0.25, 0.3) is 0 Å². The number of hydrogen-bond donors (Lipinski definition) is 0. The highest BCUT2D eigenvalue weighted by Crippen LogP contribution is 2.24. The predicted molar refractivity (Wildman–Crippen MR) is 85.3 cm³/mol. The summed E-state index contributed by atoms with van der Waals surface area (Å²) in [6.45, 7) is 1.27. The van der Waals surface area contributed by atoms with Crippen molar-refractivity contribution in [2.24, 2.45) is 5.92 Å². The first-order chi connectivity index (χ1) is 11.6. The molecule has 1 amide bonds. The molecule has 1 aliphatic rings. The maximum atomic E-state index is 13.7. The fourth-order valence-corrected chi connectivity index (χ4v) is 3.18. The van der Waals surface area contributed by atoms with Crippen molar-refractivity contribution in [3.63, 3.8) is 0 Å². The van der Waals surface area contributed by atoms with Crippen molar-refractivity contribution in [2.45, 2.75) is 25.7 Å². The Morgan fingerprint density at radius 1 is 1.25 bits per heavy atom. The SMILES string of the molecule is O=C(c1cnccn1)N1CCCC(CCc2c(F)cccc2F)C1. The van der Waals surface area contributed by atoms with Crippen LogP contribution in [-0.4, -0.2) is 33.9 Å². The van der Waals surface area contributed by atoms with Gasteiger partial charge in [0.2, 0.25) is 0 Å². The molecule has 0 radical (unpaired) electrons. The lowest BCUT2D eigenvalue weighted by molar-refractivity contribution is 0.0661. The Labute approximate surface area is 139 Å². The molecule has 1 aromatic heterocycles. The van der Waals surface area contributed by atoms with E-state index in [1.165, 1.54) is 36.8 Å². The first kappa shape index (κ1) is 16.5. The third-order valence-electron chi connectivity index (χ3n) is 4.45. The van der Waals surface area contributed by atoms with E-state index in [4.69, 9.17) is 0 Å². The van der Waals surface area contributed by atoms with Crippen molar-refractivity contribution in [3.8, 4) is 0 Å². The summed E-state index contributed by atoms with van der Waals surface area (Å²) in [6, 6.07) is 3.93. The van der Waals surface area contributed by atoms with E-state index < -0.39 is 11.6 Å². The molecule has 1 aliphatic heterocycles. The zero-order valence-corrected chi connectivity index (χ0v) is 13.3. The van der Waals surface area contributed by atoms with E-state index in [1.54, 1.807) is 4.90 Å². The maximum absolute atomic E-state index is 13.7. The molecule has 0 spiro atoms. The van der Waals surface area contributed by atoms with Crippen molar-refractivity contribution in [2.75, 3.05) is 13.1 Å². The number of likely N-dealkylation sites (tertiary alicyclic amines) is 1. The van der Waals surface area contributed by atoms with Crippen LogP contribution in [0, 0.1) is 17.6 Å². The van der Waals surface area contributed by atoms with Gasteiger partial charge in [0.05, 0.1) is 6.20 Å². The Balaban J connectivity index is 1.61. The normalized spacial score (nSPS) is 17.8. The second-order valence-electron chi connectivity index (χ2n) is 6.09. The van der Waals surface area contributed by atoms with Gasteiger partial charge in [0, 0.05) is 31.0 Å². The van der Waals surface area contributed by atoms with Crippen molar-refractivity contribution in [3.05, 3.63) is 59.7 Å². The maximum Gasteiger partial charge on any atom is 0.274 e. The average molecular weight is 331 g/mol. The van der Waals surface area contributed by atoms with Crippen LogP contribution in [0.3, 0.4) is 0 Å². The first-order valence-corrected chi connectivity index (χ1v) is 8.13. The molecule has 1 aromatic carbocycles. The standard InChI is InChI=1S/C18H19F2N3O/c19-15-4-1-5-16(20)14(15)7-6-13-3-2-10-23(12-13)18(24)17-11-21-8-9-22-17/h1,4-5,8-9,11,13H,2-3,6-7,10,12H2. The van der Waals surface area contributed by atoms with Crippen LogP contribution < -0.4 is 0 Å². The summed E-state index contributed by atoms with van der Waals surface area (Å²) in [7, 11) is 0. The van der Waals surface area contributed by atoms with E-state index in [9.17, 15) is 13.6 Å². The minimum atomic E-state index is -0.502. The molecule has 0 N–H and O–H groups in total. The second kappa shape index (κ2) is 7.47. The molecule has 4 nitrogen and oxygen atoms in total. The molecule has 1 atom stereocenters. The molecule has 1 unspecified atom stereocenters. The molecule has 1 saturated heterocycles. The highest BCUT2D eigenvalue weighted by Gasteiger charge is 2.25. The molecular formula is C18H19F2N3O. The van der Waals surface area contributed by atoms with Gasteiger partial charge in [-0.15, -0.1) is 0 Å². The number of rotatable bonds is 4. The minimum absolute atomic E-state index is 0.134. The number of halogens is 2. The quantitative estimate of drug-likeness (QED) is 0.864. The zero-order chi connectivity index (χ0) is 16.9. The van der Waals surface area contributed by atoms with Gasteiger partial charge in [-0.3, -0.25) is 9.78 Å². The van der Waals surface area contributed by atoms with Gasteiger partial charge in [-0.2, -0.15) is 0 Å². The van der Waals surface area contributed by atoms with Gasteiger partial charge < -0.3 is 4.90 Å². The fourth-order valence-electron chi connectivity index (χ4n) is 3.18. The van der Waals surface area contributed by atoms with E-state index in [1.807, 2.05) is 0 Å². The molecule has 0 saturated carbocycles. The van der Waals surface area contributed by atoms with Crippen LogP contribution in [0.2, 0.25) is 0 Å². The van der Waals surface area contributed by atoms with Gasteiger partial charge in [0.1, 0.15) is 17.3 Å². The number of nitrogens with zero attached hydrogens (tertiary/aromatic N) is 3. The number of piperidine rings is 1. The number of carbonyl (C=O) groups excluding carboxylic acids is 1. The second-order valence-corrected chi connectivity index (χ2v) is 6.09. The molecule has 1 fully saturated rings. The lowest BCUT2D eigenvalue weighted by Crippen LogP contribution is -2.40. The molecular weight excluding hydrogens is 312 g/mol. The number of amides is 1. The molecule has 2 heterocycles. The van der Waals surface area contributed by atoms with E-state index >= 15 is 0 Å². The Bertz CT molecular complexity index is 688. The zero-order valence-electron chi connectivity index (χ0n) is 13.3. The highest BCUT2D eigenvalue weighted by molar-refractivity contribution is 5.92. The lowest BCUT2D eigenvalue weighted by Gasteiger charge is -2.32. The Kier molecular flexibility index (Phi) is 5.13. The van der Waals surface area contributed by atoms with Crippen LogP contribution in [0.15, 0.2) is 36.8 Å². The molecule has 6 heteroatoms. The number of benzene rings is 1. The van der Waals surface area contributed by atoms with Gasteiger partial charge in [-0.25, -0.2) is 13.8 Å². The molecule has 3 rings (SSSR count). The summed E-state index contributed by atoms with van der Waals surface area (Å²) in [5.74, 6) is -0.903. The largest absolute Gasteiger partial charge is 0.337 e. The number of aromatic nitrogens is 2. The van der Waals surface area contributed by atoms with Crippen molar-refractivity contribution in [1.82, 2.24) is 14.9 Å². The lowest BCUT2D eigenvalue weighted by atomic mass is 9.91. The Hall–Kier alpha value is -2.37. The van der Waals surface area contributed by atoms with Gasteiger partial charge in [-0.05, 0) is 43.7 Å². The summed E-state index contributed by atoms with van der Waals surface area (Å²) in [4.78, 5) is 22.2. The summed E-state index contributed by atoms with van der Waals surface area (Å²) in [5.41, 5.74) is 0.466. The van der Waals surface area contributed by atoms with Crippen molar-refractivity contribution in [1.29, 1.82) is 0 Å². The van der Waals surface area contributed by atoms with Crippen LogP contribution in [0.1, 0.15) is 35.3 Å². The molecule has 0 bridgehead atoms. The molecule has 2 aromatic rings. The summed E-state index contributed by atoms with van der Waals surface area (Å²) >= 11 is 0. The monoisotopic (exact) mass is 331 g/mol. The third-order valence-corrected chi connectivity index (χ3v) is 4.45. The van der Waals surface area contributed by atoms with E-state index in [2.05, 4.69) is 9.97 Å². The van der Waals surface area contributed by atoms with Gasteiger partial charge in [-0.1, -0.05) is 6.07 Å². The third kappa shape index (κ3) is 3.75. The first-order valence-electron chi connectivity index (χ1n) is 8.13. The topological polar surface area (TPSA) is 46.1 Å². The number of carbonyl (C=O) groups is 1. The Morgan fingerprint density at radius 3 is 2.75 bits per heavy atom. The predicted octanol–water partition coefficient (Wildman–Crippen LogP) is 3.24. The summed E-state index contributed by atoms with van der Waals surface area (Å²) < 4.78 is 27.4. The van der Waals surface area contributed by atoms with Crippen molar-refractivity contribution < 1.29 is 13.6 Å². The van der Waals surface area contributed by atoms with Crippen molar-refractivity contribution >= 4 is 5.91 Å². The van der Waals surface area contributed by atoms with E-state index in [-0.39, 0.29) is 17.4 Å². The minimum Gasteiger partial charge on any atom is -0.337 e. The Morgan fingerprint density at radius 2 is 2.04 bits per heavy atom. The van der Waals surface area contributed by atoms with Crippen LogP contribution in [0.5, 0.6) is 0 Å². The van der Waals surface area contributed by atoms with Crippen LogP contribution >= 0.6 is 0 Å². The van der Waals surface area contributed by atoms with E-state index in [0.717, 1.165) is 12.8 Å². The van der Waals surface area contributed by atoms with E-state index in [0.29, 0.717) is 31.6 Å². The molecule has 24 heavy (non-hydrogen) atoms. The highest BCUT2D eigenvalue weighted by atomic mass is 19.1. The summed E-state index contributed by atoms with van der Waals surface area (Å²) in [5, 5.41) is 0. The summed E-state index contributed by atoms with van der Waals surface area (Å²) in [6.07, 6.45) is 7.32. The molecule has 0 aliphatic carbocycles. The van der Waals surface area contributed by atoms with Crippen LogP contribution in [-0.2, 0) is 6.42 Å². The number of hydrogen-bond acceptors (Lipinski definition) is 3. The molecule has 126 valence electrons. The van der Waals surface area contributed by atoms with Gasteiger partial charge in [0.25, 0.3) is 5.91 Å². The van der Waals surface area contributed by atoms with Gasteiger partial charge >= 0.3 is 0 Å². The van der Waals surface area contributed by atoms with Crippen LogP contribution in [0.4, 0.5) is 8.78 Å². The fraction of sp³-hybridized carbons (Fsp3) is 0.389. The smallest absolute Gasteiger partial charge is 0.274 e. The average Bonchev–Trinajstić information content (AvgIpc) is 2.62. The van der Waals surface area contributed by atoms with Gasteiger partial charge in [0.15, 0.2) is 0 Å².